The third-order valence-electron chi connectivity index (χ3n) is 3.46. The van der Waals surface area contributed by atoms with Gasteiger partial charge in [-0.1, -0.05) is 12.8 Å². The van der Waals surface area contributed by atoms with Crippen molar-refractivity contribution in [2.45, 2.75) is 64.1 Å². The van der Waals surface area contributed by atoms with Gasteiger partial charge in [0, 0.05) is 13.2 Å². The molecule has 0 atom stereocenters. The Kier molecular flexibility index (Phi) is 4.95. The lowest BCUT2D eigenvalue weighted by Gasteiger charge is -2.26. The SMILES string of the molecule is CCOC(C)(C)C(=O)NCCC1(O)CCCC1. The van der Waals surface area contributed by atoms with E-state index in [9.17, 15) is 9.90 Å². The van der Waals surface area contributed by atoms with Crippen LogP contribution in [0.5, 0.6) is 0 Å². The van der Waals surface area contributed by atoms with E-state index in [1.165, 1.54) is 0 Å². The van der Waals surface area contributed by atoms with Gasteiger partial charge in [-0.3, -0.25) is 4.79 Å². The van der Waals surface area contributed by atoms with Gasteiger partial charge >= 0.3 is 0 Å². The molecule has 0 spiro atoms. The van der Waals surface area contributed by atoms with Gasteiger partial charge in [-0.2, -0.15) is 0 Å². The fourth-order valence-electron chi connectivity index (χ4n) is 2.33. The van der Waals surface area contributed by atoms with Gasteiger partial charge in [0.05, 0.1) is 5.60 Å². The number of carbonyl (C=O) groups is 1. The van der Waals surface area contributed by atoms with Crippen molar-refractivity contribution in [2.24, 2.45) is 0 Å². The maximum Gasteiger partial charge on any atom is 0.251 e. The summed E-state index contributed by atoms with van der Waals surface area (Å²) in [5.74, 6) is -0.110. The topological polar surface area (TPSA) is 58.6 Å². The third-order valence-corrected chi connectivity index (χ3v) is 3.46. The van der Waals surface area contributed by atoms with E-state index < -0.39 is 11.2 Å². The average Bonchev–Trinajstić information content (AvgIpc) is 2.65. The van der Waals surface area contributed by atoms with E-state index in [2.05, 4.69) is 5.32 Å². The number of hydrogen-bond donors (Lipinski definition) is 2. The molecule has 1 rings (SSSR count). The lowest BCUT2D eigenvalue weighted by molar-refractivity contribution is -0.142. The zero-order valence-electron chi connectivity index (χ0n) is 11.2. The molecule has 1 aliphatic rings. The summed E-state index contributed by atoms with van der Waals surface area (Å²) in [5.41, 5.74) is -1.34. The lowest BCUT2D eigenvalue weighted by atomic mass is 9.98. The van der Waals surface area contributed by atoms with Gasteiger partial charge in [-0.15, -0.1) is 0 Å². The van der Waals surface area contributed by atoms with Crippen LogP contribution in [0.1, 0.15) is 52.9 Å². The van der Waals surface area contributed by atoms with Gasteiger partial charge in [-0.25, -0.2) is 0 Å². The molecular formula is C13H25NO3. The molecule has 1 aliphatic carbocycles. The molecule has 17 heavy (non-hydrogen) atoms. The Morgan fingerprint density at radius 3 is 2.53 bits per heavy atom. The molecule has 1 amide bonds. The first-order valence-corrected chi connectivity index (χ1v) is 6.54. The van der Waals surface area contributed by atoms with E-state index in [4.69, 9.17) is 4.74 Å². The molecule has 0 unspecified atom stereocenters. The first kappa shape index (κ1) is 14.5. The Morgan fingerprint density at radius 1 is 1.41 bits per heavy atom. The second kappa shape index (κ2) is 5.83. The fraction of sp³-hybridized carbons (Fsp3) is 0.923. The second-order valence-electron chi connectivity index (χ2n) is 5.38. The zero-order valence-corrected chi connectivity index (χ0v) is 11.2. The molecule has 0 aliphatic heterocycles. The van der Waals surface area contributed by atoms with Gasteiger partial charge in [-0.05, 0) is 40.0 Å². The molecule has 0 aromatic carbocycles. The maximum absolute atomic E-state index is 11.8. The summed E-state index contributed by atoms with van der Waals surface area (Å²) in [5, 5.41) is 13.0. The largest absolute Gasteiger partial charge is 0.390 e. The average molecular weight is 243 g/mol. The number of hydrogen-bond acceptors (Lipinski definition) is 3. The van der Waals surface area contributed by atoms with Crippen molar-refractivity contribution in [2.75, 3.05) is 13.2 Å². The minimum atomic E-state index is -0.785. The van der Waals surface area contributed by atoms with E-state index >= 15 is 0 Å². The van der Waals surface area contributed by atoms with Gasteiger partial charge in [0.1, 0.15) is 5.60 Å². The van der Waals surface area contributed by atoms with Crippen molar-refractivity contribution in [1.82, 2.24) is 5.32 Å². The van der Waals surface area contributed by atoms with Crippen molar-refractivity contribution in [3.05, 3.63) is 0 Å². The highest BCUT2D eigenvalue weighted by Gasteiger charge is 2.32. The van der Waals surface area contributed by atoms with Gasteiger partial charge in [0.15, 0.2) is 0 Å². The highest BCUT2D eigenvalue weighted by molar-refractivity contribution is 5.84. The summed E-state index contributed by atoms with van der Waals surface area (Å²) in [6.07, 6.45) is 4.54. The number of amides is 1. The molecule has 100 valence electrons. The van der Waals surface area contributed by atoms with Gasteiger partial charge in [0.2, 0.25) is 0 Å². The number of rotatable bonds is 6. The first-order valence-electron chi connectivity index (χ1n) is 6.54. The minimum absolute atomic E-state index is 0.110. The summed E-state index contributed by atoms with van der Waals surface area (Å²) in [4.78, 5) is 11.8. The highest BCUT2D eigenvalue weighted by Crippen LogP contribution is 2.31. The molecule has 0 aromatic heterocycles. The van der Waals surface area contributed by atoms with Crippen molar-refractivity contribution in [3.63, 3.8) is 0 Å². The quantitative estimate of drug-likeness (QED) is 0.745. The normalized spacial score (nSPS) is 19.3. The number of carbonyl (C=O) groups excluding carboxylic acids is 1. The summed E-state index contributed by atoms with van der Waals surface area (Å²) >= 11 is 0. The van der Waals surface area contributed by atoms with Crippen molar-refractivity contribution in [3.8, 4) is 0 Å². The summed E-state index contributed by atoms with van der Waals surface area (Å²) in [7, 11) is 0. The van der Waals surface area contributed by atoms with E-state index in [1.54, 1.807) is 13.8 Å². The summed E-state index contributed by atoms with van der Waals surface area (Å²) < 4.78 is 5.36. The Hall–Kier alpha value is -0.610. The van der Waals surface area contributed by atoms with Crippen LogP contribution < -0.4 is 5.32 Å². The standard InChI is InChI=1S/C13H25NO3/c1-4-17-12(2,3)11(15)14-10-9-13(16)7-5-6-8-13/h16H,4-10H2,1-3H3,(H,14,15). The monoisotopic (exact) mass is 243 g/mol. The molecule has 4 heteroatoms. The van der Waals surface area contributed by atoms with Crippen LogP contribution in [0.15, 0.2) is 0 Å². The molecule has 0 heterocycles. The maximum atomic E-state index is 11.8. The van der Waals surface area contributed by atoms with Crippen LogP contribution in [0.25, 0.3) is 0 Å². The number of aliphatic hydroxyl groups is 1. The molecule has 2 N–H and O–H groups in total. The van der Waals surface area contributed by atoms with Crippen LogP contribution in [-0.4, -0.2) is 35.4 Å². The molecule has 0 bridgehead atoms. The van der Waals surface area contributed by atoms with Gasteiger partial charge < -0.3 is 15.2 Å². The van der Waals surface area contributed by atoms with Crippen LogP contribution in [0, 0.1) is 0 Å². The Balaban J connectivity index is 2.28. The van der Waals surface area contributed by atoms with Crippen LogP contribution in [0.4, 0.5) is 0 Å². The lowest BCUT2D eigenvalue weighted by Crippen LogP contribution is -2.45. The first-order chi connectivity index (χ1) is 7.90. The van der Waals surface area contributed by atoms with Crippen LogP contribution in [0.3, 0.4) is 0 Å². The zero-order chi connectivity index (χ0) is 12.9. The van der Waals surface area contributed by atoms with Crippen LogP contribution in [-0.2, 0) is 9.53 Å². The van der Waals surface area contributed by atoms with Crippen molar-refractivity contribution in [1.29, 1.82) is 0 Å². The van der Waals surface area contributed by atoms with Crippen LogP contribution >= 0.6 is 0 Å². The summed E-state index contributed by atoms with van der Waals surface area (Å²) in [6.45, 7) is 6.43. The molecule has 0 aromatic rings. The fourth-order valence-corrected chi connectivity index (χ4v) is 2.33. The molecule has 0 saturated heterocycles. The van der Waals surface area contributed by atoms with Gasteiger partial charge in [0.25, 0.3) is 5.91 Å². The van der Waals surface area contributed by atoms with Crippen molar-refractivity contribution < 1.29 is 14.6 Å². The van der Waals surface area contributed by atoms with E-state index in [-0.39, 0.29) is 5.91 Å². The third kappa shape index (κ3) is 4.28. The smallest absolute Gasteiger partial charge is 0.251 e. The van der Waals surface area contributed by atoms with Crippen molar-refractivity contribution >= 4 is 5.91 Å². The highest BCUT2D eigenvalue weighted by atomic mass is 16.5. The van der Waals surface area contributed by atoms with Crippen LogP contribution in [0.2, 0.25) is 0 Å². The van der Waals surface area contributed by atoms with E-state index in [0.29, 0.717) is 19.6 Å². The predicted octanol–water partition coefficient (Wildman–Crippen LogP) is 1.61. The molecule has 1 saturated carbocycles. The summed E-state index contributed by atoms with van der Waals surface area (Å²) in [6, 6.07) is 0. The number of nitrogens with one attached hydrogen (secondary N) is 1. The Morgan fingerprint density at radius 2 is 2.00 bits per heavy atom. The molecule has 1 fully saturated rings. The van der Waals surface area contributed by atoms with E-state index in [1.807, 2.05) is 6.92 Å². The molecule has 0 radical (unpaired) electrons. The number of ether oxygens (including phenoxy) is 1. The Labute approximate surface area is 104 Å². The molecular weight excluding hydrogens is 218 g/mol. The Bertz CT molecular complexity index is 257. The second-order valence-corrected chi connectivity index (χ2v) is 5.38. The predicted molar refractivity (Wildman–Crippen MR) is 66.7 cm³/mol. The molecule has 4 nitrogen and oxygen atoms in total. The van der Waals surface area contributed by atoms with E-state index in [0.717, 1.165) is 25.7 Å². The minimum Gasteiger partial charge on any atom is -0.390 e.